The van der Waals surface area contributed by atoms with Crippen LogP contribution in [0.1, 0.15) is 60.3 Å². The molecule has 0 saturated heterocycles. The van der Waals surface area contributed by atoms with Crippen LogP contribution in [0.15, 0.2) is 4.99 Å². The fourth-order valence-electron chi connectivity index (χ4n) is 2.52. The zero-order valence-corrected chi connectivity index (χ0v) is 18.7. The molecule has 2 N–H and O–H groups in total. The first kappa shape index (κ1) is 25.2. The summed E-state index contributed by atoms with van der Waals surface area (Å²) < 4.78 is 0. The third-order valence-corrected chi connectivity index (χ3v) is 4.21. The van der Waals surface area contributed by atoms with Crippen LogP contribution in [0.3, 0.4) is 0 Å². The molecule has 0 aliphatic heterocycles. The number of amides is 2. The quantitative estimate of drug-likeness (QED) is 0.447. The molecule has 0 heterocycles. The van der Waals surface area contributed by atoms with Crippen molar-refractivity contribution in [1.29, 1.82) is 0 Å². The van der Waals surface area contributed by atoms with Crippen molar-refractivity contribution >= 4 is 17.8 Å². The summed E-state index contributed by atoms with van der Waals surface area (Å²) in [5.41, 5.74) is -0.281. The van der Waals surface area contributed by atoms with Crippen molar-refractivity contribution in [3.63, 3.8) is 0 Å². The summed E-state index contributed by atoms with van der Waals surface area (Å²) in [4.78, 5) is 31.9. The van der Waals surface area contributed by atoms with Crippen LogP contribution >= 0.6 is 0 Å². The van der Waals surface area contributed by atoms with Gasteiger partial charge in [-0.2, -0.15) is 0 Å². The molecular weight excluding hydrogens is 342 g/mol. The second kappa shape index (κ2) is 12.6. The van der Waals surface area contributed by atoms with Gasteiger partial charge in [-0.1, -0.05) is 33.1 Å². The Morgan fingerprint density at radius 1 is 1.11 bits per heavy atom. The normalized spacial score (nSPS) is 13.1. The third-order valence-electron chi connectivity index (χ3n) is 4.21. The van der Waals surface area contributed by atoms with Crippen LogP contribution in [0.25, 0.3) is 0 Å². The molecule has 1 atom stereocenters. The standard InChI is InChI=1S/C20H41N5O2/c1-9-11-12-16(10-2)13-21-19(22-14-18(27)24(6)7)25(8)15-17(26)23-20(3,4)5/h16H,9-15H2,1-8H3,(H,21,22)(H,23,26). The van der Waals surface area contributed by atoms with E-state index in [1.807, 2.05) is 27.8 Å². The van der Waals surface area contributed by atoms with E-state index in [4.69, 9.17) is 0 Å². The lowest BCUT2D eigenvalue weighted by Gasteiger charge is -2.27. The maximum Gasteiger partial charge on any atom is 0.243 e. The first-order chi connectivity index (χ1) is 12.5. The molecule has 0 aliphatic rings. The number of nitrogens with zero attached hydrogens (tertiary/aromatic N) is 3. The number of likely N-dealkylation sites (N-methyl/N-ethyl adjacent to an activating group) is 2. The van der Waals surface area contributed by atoms with E-state index in [9.17, 15) is 9.59 Å². The second-order valence-electron chi connectivity index (χ2n) is 8.38. The van der Waals surface area contributed by atoms with Gasteiger partial charge in [0.25, 0.3) is 0 Å². The van der Waals surface area contributed by atoms with Gasteiger partial charge in [-0.05, 0) is 33.1 Å². The smallest absolute Gasteiger partial charge is 0.243 e. The Kier molecular flexibility index (Phi) is 11.7. The van der Waals surface area contributed by atoms with E-state index in [2.05, 4.69) is 29.5 Å². The third kappa shape index (κ3) is 12.3. The summed E-state index contributed by atoms with van der Waals surface area (Å²) in [5.74, 6) is 0.997. The number of carbonyl (C=O) groups excluding carboxylic acids is 2. The van der Waals surface area contributed by atoms with Gasteiger partial charge in [0.15, 0.2) is 5.96 Å². The molecular formula is C20H41N5O2. The number of hydrogen-bond donors (Lipinski definition) is 2. The maximum atomic E-state index is 12.2. The lowest BCUT2D eigenvalue weighted by atomic mass is 9.99. The molecule has 0 aliphatic carbocycles. The van der Waals surface area contributed by atoms with E-state index in [-0.39, 0.29) is 30.4 Å². The van der Waals surface area contributed by atoms with Gasteiger partial charge in [0, 0.05) is 33.2 Å². The fraction of sp³-hybridized carbons (Fsp3) is 0.850. The van der Waals surface area contributed by atoms with Gasteiger partial charge in [0.05, 0.1) is 6.54 Å². The average molecular weight is 384 g/mol. The molecule has 0 spiro atoms. The van der Waals surface area contributed by atoms with Crippen LogP contribution in [0.5, 0.6) is 0 Å². The number of hydrogen-bond acceptors (Lipinski definition) is 3. The lowest BCUT2D eigenvalue weighted by molar-refractivity contribution is -0.127. The van der Waals surface area contributed by atoms with E-state index in [1.54, 1.807) is 19.0 Å². The molecule has 0 rings (SSSR count). The Morgan fingerprint density at radius 2 is 1.74 bits per heavy atom. The summed E-state index contributed by atoms with van der Waals surface area (Å²) in [7, 11) is 5.24. The highest BCUT2D eigenvalue weighted by Gasteiger charge is 2.18. The summed E-state index contributed by atoms with van der Waals surface area (Å²) in [5, 5.41) is 6.32. The molecule has 158 valence electrons. The van der Waals surface area contributed by atoms with Crippen LogP contribution < -0.4 is 10.6 Å². The Bertz CT molecular complexity index is 483. The number of nitrogens with one attached hydrogen (secondary N) is 2. The van der Waals surface area contributed by atoms with Crippen LogP contribution in [-0.2, 0) is 9.59 Å². The maximum absolute atomic E-state index is 12.2. The van der Waals surface area contributed by atoms with E-state index in [1.165, 1.54) is 17.7 Å². The Hall–Kier alpha value is -1.79. The molecule has 0 aromatic carbocycles. The number of unbranched alkanes of at least 4 members (excludes halogenated alkanes) is 1. The minimum absolute atomic E-state index is 0.0618. The predicted molar refractivity (Wildman–Crippen MR) is 113 cm³/mol. The van der Waals surface area contributed by atoms with Gasteiger partial charge in [-0.15, -0.1) is 0 Å². The van der Waals surface area contributed by atoms with E-state index in [0.717, 1.165) is 19.4 Å². The molecule has 0 radical (unpaired) electrons. The molecule has 0 saturated carbocycles. The molecule has 0 aromatic rings. The number of guanidine groups is 1. The van der Waals surface area contributed by atoms with Crippen LogP contribution in [-0.4, -0.2) is 73.9 Å². The zero-order valence-electron chi connectivity index (χ0n) is 18.7. The number of aliphatic imine (C=N–C) groups is 1. The van der Waals surface area contributed by atoms with Crippen molar-refractivity contribution in [2.75, 3.05) is 40.8 Å². The van der Waals surface area contributed by atoms with Gasteiger partial charge < -0.3 is 20.4 Å². The topological polar surface area (TPSA) is 77.0 Å². The van der Waals surface area contributed by atoms with Crippen molar-refractivity contribution in [1.82, 2.24) is 20.4 Å². The van der Waals surface area contributed by atoms with Crippen LogP contribution in [0.2, 0.25) is 0 Å². The number of carbonyl (C=O) groups is 2. The van der Waals surface area contributed by atoms with Gasteiger partial charge in [-0.25, -0.2) is 4.99 Å². The second-order valence-corrected chi connectivity index (χ2v) is 8.38. The van der Waals surface area contributed by atoms with Crippen molar-refractivity contribution in [3.8, 4) is 0 Å². The molecule has 0 fully saturated rings. The number of rotatable bonds is 10. The van der Waals surface area contributed by atoms with Crippen LogP contribution in [0.4, 0.5) is 0 Å². The summed E-state index contributed by atoms with van der Waals surface area (Å²) >= 11 is 0. The SMILES string of the molecule is CCCCC(CC)CNC(=NCC(=O)N(C)C)N(C)CC(=O)NC(C)(C)C. The van der Waals surface area contributed by atoms with Crippen molar-refractivity contribution in [2.45, 2.75) is 65.8 Å². The van der Waals surface area contributed by atoms with E-state index in [0.29, 0.717) is 11.9 Å². The average Bonchev–Trinajstić information content (AvgIpc) is 2.54. The van der Waals surface area contributed by atoms with Gasteiger partial charge in [0.1, 0.15) is 6.54 Å². The van der Waals surface area contributed by atoms with Crippen molar-refractivity contribution in [3.05, 3.63) is 0 Å². The first-order valence-electron chi connectivity index (χ1n) is 10.0. The zero-order chi connectivity index (χ0) is 21.0. The van der Waals surface area contributed by atoms with Gasteiger partial charge in [-0.3, -0.25) is 9.59 Å². The molecule has 7 heteroatoms. The summed E-state index contributed by atoms with van der Waals surface area (Å²) in [6.45, 7) is 11.3. The largest absolute Gasteiger partial charge is 0.356 e. The van der Waals surface area contributed by atoms with Crippen molar-refractivity contribution in [2.24, 2.45) is 10.9 Å². The molecule has 7 nitrogen and oxygen atoms in total. The summed E-state index contributed by atoms with van der Waals surface area (Å²) in [6, 6.07) is 0. The Labute approximate surface area is 166 Å². The lowest BCUT2D eigenvalue weighted by Crippen LogP contribution is -2.49. The monoisotopic (exact) mass is 383 g/mol. The molecule has 0 aromatic heterocycles. The molecule has 1 unspecified atom stereocenters. The van der Waals surface area contributed by atoms with Crippen LogP contribution in [0, 0.1) is 5.92 Å². The highest BCUT2D eigenvalue weighted by atomic mass is 16.2. The van der Waals surface area contributed by atoms with Gasteiger partial charge in [0.2, 0.25) is 11.8 Å². The van der Waals surface area contributed by atoms with E-state index < -0.39 is 0 Å². The molecule has 0 bridgehead atoms. The predicted octanol–water partition coefficient (Wildman–Crippen LogP) is 2.08. The minimum Gasteiger partial charge on any atom is -0.356 e. The van der Waals surface area contributed by atoms with Crippen molar-refractivity contribution < 1.29 is 9.59 Å². The van der Waals surface area contributed by atoms with E-state index >= 15 is 0 Å². The highest BCUT2D eigenvalue weighted by molar-refractivity contribution is 5.88. The molecule has 2 amide bonds. The van der Waals surface area contributed by atoms with Gasteiger partial charge >= 0.3 is 0 Å². The minimum atomic E-state index is -0.281. The first-order valence-corrected chi connectivity index (χ1v) is 10.0. The summed E-state index contributed by atoms with van der Waals surface area (Å²) in [6.07, 6.45) is 4.64. The Balaban J connectivity index is 5.02. The highest BCUT2D eigenvalue weighted by Crippen LogP contribution is 2.11. The Morgan fingerprint density at radius 3 is 2.22 bits per heavy atom. The molecule has 27 heavy (non-hydrogen) atoms. The fourth-order valence-corrected chi connectivity index (χ4v) is 2.52.